The lowest BCUT2D eigenvalue weighted by atomic mass is 9.92. The first-order chi connectivity index (χ1) is 8.18. The van der Waals surface area contributed by atoms with Crippen LogP contribution in [-0.4, -0.2) is 40.3 Å². The number of likely N-dealkylation sites (N-methyl/N-ethyl adjacent to an activating group) is 1. The molecule has 0 heterocycles. The molecule has 1 aliphatic carbocycles. The minimum atomic E-state index is -1.32. The summed E-state index contributed by atoms with van der Waals surface area (Å²) in [7, 11) is 2.98. The predicted molar refractivity (Wildman–Crippen MR) is 84.4 cm³/mol. The summed E-state index contributed by atoms with van der Waals surface area (Å²) in [6, 6.07) is 0. The van der Waals surface area contributed by atoms with Crippen LogP contribution < -0.4 is 4.98 Å². The van der Waals surface area contributed by atoms with Crippen molar-refractivity contribution in [2.24, 2.45) is 23.7 Å². The maximum atomic E-state index is 3.93. The molecule has 0 spiro atoms. The van der Waals surface area contributed by atoms with Gasteiger partial charge in [0, 0.05) is 13.1 Å². The Morgan fingerprint density at radius 3 is 1.72 bits per heavy atom. The Hall–Kier alpha value is 0.137. The highest BCUT2D eigenvalue weighted by atomic mass is 28.3. The maximum absolute atomic E-state index is 3.93. The SMILES string of the molecule is CC1C(C)C(C)C([Si](C)(C)NCCN(C)C)C1C. The van der Waals surface area contributed by atoms with Gasteiger partial charge in [-0.25, -0.2) is 0 Å². The van der Waals surface area contributed by atoms with Crippen LogP contribution in [0.2, 0.25) is 18.6 Å². The summed E-state index contributed by atoms with van der Waals surface area (Å²) in [5, 5.41) is 0. The van der Waals surface area contributed by atoms with Crippen molar-refractivity contribution < 1.29 is 0 Å². The lowest BCUT2D eigenvalue weighted by Crippen LogP contribution is -2.53. The van der Waals surface area contributed by atoms with Crippen molar-refractivity contribution in [3.8, 4) is 0 Å². The van der Waals surface area contributed by atoms with Crippen molar-refractivity contribution in [2.45, 2.75) is 46.3 Å². The first kappa shape index (κ1) is 16.2. The van der Waals surface area contributed by atoms with Gasteiger partial charge in [-0.05, 0) is 43.3 Å². The minimum absolute atomic E-state index is 0.878. The van der Waals surface area contributed by atoms with E-state index in [4.69, 9.17) is 0 Å². The third-order valence-corrected chi connectivity index (χ3v) is 9.47. The Morgan fingerprint density at radius 2 is 1.33 bits per heavy atom. The normalized spacial score (nSPS) is 37.5. The third-order valence-electron chi connectivity index (χ3n) is 5.59. The van der Waals surface area contributed by atoms with Crippen LogP contribution in [-0.2, 0) is 0 Å². The Labute approximate surface area is 116 Å². The molecule has 1 N–H and O–H groups in total. The molecule has 2 nitrogen and oxygen atoms in total. The molecule has 0 aromatic heterocycles. The number of rotatable bonds is 5. The second-order valence-corrected chi connectivity index (χ2v) is 11.9. The number of hydrogen-bond donors (Lipinski definition) is 1. The zero-order valence-corrected chi connectivity index (χ0v) is 14.7. The molecule has 1 fully saturated rings. The monoisotopic (exact) mass is 270 g/mol. The lowest BCUT2D eigenvalue weighted by Gasteiger charge is -2.37. The molecule has 4 unspecified atom stereocenters. The summed E-state index contributed by atoms with van der Waals surface area (Å²) < 4.78 is 0. The van der Waals surface area contributed by atoms with Crippen LogP contribution in [0, 0.1) is 23.7 Å². The van der Waals surface area contributed by atoms with E-state index in [2.05, 4.69) is 64.8 Å². The van der Waals surface area contributed by atoms with Gasteiger partial charge in [-0.3, -0.25) is 0 Å². The number of hydrogen-bond acceptors (Lipinski definition) is 2. The van der Waals surface area contributed by atoms with Crippen molar-refractivity contribution in [1.29, 1.82) is 0 Å². The van der Waals surface area contributed by atoms with E-state index in [0.29, 0.717) is 0 Å². The van der Waals surface area contributed by atoms with E-state index < -0.39 is 8.24 Å². The van der Waals surface area contributed by atoms with Crippen LogP contribution in [0.25, 0.3) is 0 Å². The highest BCUT2D eigenvalue weighted by Gasteiger charge is 2.49. The van der Waals surface area contributed by atoms with E-state index in [1.54, 1.807) is 0 Å². The standard InChI is InChI=1S/C15H34N2Si/c1-11-12(2)14(4)15(13(11)3)18(7,8)16-9-10-17(5)6/h11-16H,9-10H2,1-8H3. The van der Waals surface area contributed by atoms with Gasteiger partial charge >= 0.3 is 0 Å². The van der Waals surface area contributed by atoms with Crippen LogP contribution in [0.5, 0.6) is 0 Å². The van der Waals surface area contributed by atoms with Crippen molar-refractivity contribution in [1.82, 2.24) is 9.88 Å². The summed E-state index contributed by atoms with van der Waals surface area (Å²) in [5.41, 5.74) is 0.921. The topological polar surface area (TPSA) is 15.3 Å². The fourth-order valence-electron chi connectivity index (χ4n) is 4.12. The molecule has 1 saturated carbocycles. The van der Waals surface area contributed by atoms with E-state index in [-0.39, 0.29) is 0 Å². The summed E-state index contributed by atoms with van der Waals surface area (Å²) in [6.07, 6.45) is 0. The van der Waals surface area contributed by atoms with Gasteiger partial charge in [0.2, 0.25) is 0 Å². The first-order valence-corrected chi connectivity index (χ1v) is 10.7. The van der Waals surface area contributed by atoms with Gasteiger partial charge in [-0.1, -0.05) is 40.8 Å². The summed E-state index contributed by atoms with van der Waals surface area (Å²) in [6.45, 7) is 17.2. The fraction of sp³-hybridized carbons (Fsp3) is 1.00. The molecule has 1 rings (SSSR count). The molecule has 0 amide bonds. The molecule has 0 bridgehead atoms. The zero-order valence-electron chi connectivity index (χ0n) is 13.7. The van der Waals surface area contributed by atoms with Crippen LogP contribution >= 0.6 is 0 Å². The quantitative estimate of drug-likeness (QED) is 0.771. The van der Waals surface area contributed by atoms with Gasteiger partial charge in [0.1, 0.15) is 8.24 Å². The largest absolute Gasteiger partial charge is 0.336 e. The molecule has 1 aliphatic rings. The smallest absolute Gasteiger partial charge is 0.123 e. The number of nitrogens with one attached hydrogen (secondary N) is 1. The van der Waals surface area contributed by atoms with Gasteiger partial charge in [0.05, 0.1) is 0 Å². The molecular formula is C15H34N2Si. The summed E-state index contributed by atoms with van der Waals surface area (Å²) in [5.74, 6) is 3.52. The predicted octanol–water partition coefficient (Wildman–Crippen LogP) is 3.27. The molecule has 0 saturated heterocycles. The molecular weight excluding hydrogens is 236 g/mol. The second kappa shape index (κ2) is 6.06. The van der Waals surface area contributed by atoms with Crippen molar-refractivity contribution >= 4 is 8.24 Å². The summed E-state index contributed by atoms with van der Waals surface area (Å²) in [4.78, 5) is 6.20. The van der Waals surface area contributed by atoms with E-state index in [0.717, 1.165) is 42.3 Å². The van der Waals surface area contributed by atoms with Crippen LogP contribution in [0.4, 0.5) is 0 Å². The van der Waals surface area contributed by atoms with Crippen LogP contribution in [0.15, 0.2) is 0 Å². The van der Waals surface area contributed by atoms with E-state index in [9.17, 15) is 0 Å². The molecule has 0 aromatic carbocycles. The molecule has 0 aliphatic heterocycles. The molecule has 0 radical (unpaired) electrons. The highest BCUT2D eigenvalue weighted by molar-refractivity contribution is 6.76. The zero-order chi connectivity index (χ0) is 14.1. The Morgan fingerprint density at radius 1 is 0.889 bits per heavy atom. The van der Waals surface area contributed by atoms with Crippen LogP contribution in [0.3, 0.4) is 0 Å². The Kier molecular flexibility index (Phi) is 5.45. The Balaban J connectivity index is 2.66. The third kappa shape index (κ3) is 3.37. The highest BCUT2D eigenvalue weighted by Crippen LogP contribution is 2.52. The van der Waals surface area contributed by atoms with Gasteiger partial charge in [0.15, 0.2) is 0 Å². The van der Waals surface area contributed by atoms with Gasteiger partial charge < -0.3 is 9.88 Å². The lowest BCUT2D eigenvalue weighted by molar-refractivity contribution is 0.352. The fourth-order valence-corrected chi connectivity index (χ4v) is 8.35. The molecule has 108 valence electrons. The second-order valence-electron chi connectivity index (χ2n) is 7.41. The number of nitrogens with zero attached hydrogens (tertiary/aromatic N) is 1. The molecule has 18 heavy (non-hydrogen) atoms. The first-order valence-electron chi connectivity index (χ1n) is 7.58. The summed E-state index contributed by atoms with van der Waals surface area (Å²) >= 11 is 0. The van der Waals surface area contributed by atoms with Crippen molar-refractivity contribution in [3.05, 3.63) is 0 Å². The maximum Gasteiger partial charge on any atom is 0.123 e. The van der Waals surface area contributed by atoms with Gasteiger partial charge in [-0.2, -0.15) is 0 Å². The molecule has 3 heteroatoms. The molecule has 4 atom stereocenters. The average molecular weight is 271 g/mol. The van der Waals surface area contributed by atoms with Gasteiger partial charge in [-0.15, -0.1) is 0 Å². The van der Waals surface area contributed by atoms with Crippen LogP contribution in [0.1, 0.15) is 27.7 Å². The van der Waals surface area contributed by atoms with E-state index in [1.165, 1.54) is 0 Å². The Bertz CT molecular complexity index is 251. The van der Waals surface area contributed by atoms with Crippen molar-refractivity contribution in [2.75, 3.05) is 27.2 Å². The molecule has 0 aromatic rings. The minimum Gasteiger partial charge on any atom is -0.336 e. The van der Waals surface area contributed by atoms with Crippen molar-refractivity contribution in [3.63, 3.8) is 0 Å². The average Bonchev–Trinajstić information content (AvgIpc) is 2.42. The van der Waals surface area contributed by atoms with E-state index in [1.807, 2.05) is 0 Å². The van der Waals surface area contributed by atoms with E-state index >= 15 is 0 Å². The van der Waals surface area contributed by atoms with Gasteiger partial charge in [0.25, 0.3) is 0 Å².